The Morgan fingerprint density at radius 3 is 3.11 bits per heavy atom. The van der Waals surface area contributed by atoms with Gasteiger partial charge in [0.15, 0.2) is 0 Å². The van der Waals surface area contributed by atoms with E-state index in [1.54, 1.807) is 0 Å². The molecule has 0 saturated heterocycles. The molecule has 1 aliphatic rings. The number of unbranched alkanes of at least 4 members (excludes halogenated alkanes) is 1. The summed E-state index contributed by atoms with van der Waals surface area (Å²) in [5, 5.41) is 5.03. The molecule has 1 aliphatic heterocycles. The molecule has 1 atom stereocenters. The second-order valence-electron chi connectivity index (χ2n) is 5.04. The van der Waals surface area contributed by atoms with Crippen LogP contribution in [-0.2, 0) is 6.42 Å². The highest BCUT2D eigenvalue weighted by Crippen LogP contribution is 2.32. The topological polar surface area (TPSA) is 27.8 Å². The predicted molar refractivity (Wildman–Crippen MR) is 76.8 cm³/mol. The maximum atomic E-state index is 3.79. The zero-order valence-electron chi connectivity index (χ0n) is 10.7. The zero-order chi connectivity index (χ0) is 12.4. The van der Waals surface area contributed by atoms with Crippen molar-refractivity contribution in [3.8, 4) is 0 Å². The van der Waals surface area contributed by atoms with E-state index in [1.807, 2.05) is 6.08 Å². The molecule has 2 N–H and O–H groups in total. The molecule has 2 nitrogen and oxygen atoms in total. The van der Waals surface area contributed by atoms with Crippen molar-refractivity contribution < 1.29 is 0 Å². The molecule has 0 unspecified atom stereocenters. The van der Waals surface area contributed by atoms with E-state index >= 15 is 0 Å². The Bertz CT molecular complexity index is 553. The summed E-state index contributed by atoms with van der Waals surface area (Å²) in [4.78, 5) is 3.60. The summed E-state index contributed by atoms with van der Waals surface area (Å²) in [5.74, 6) is 0. The van der Waals surface area contributed by atoms with Crippen molar-refractivity contribution in [3.63, 3.8) is 0 Å². The van der Waals surface area contributed by atoms with Gasteiger partial charge in [0.2, 0.25) is 0 Å². The fourth-order valence-corrected chi connectivity index (χ4v) is 2.97. The smallest absolute Gasteiger partial charge is 0.0476 e. The molecule has 0 fully saturated rings. The van der Waals surface area contributed by atoms with Crippen LogP contribution >= 0.6 is 0 Å². The Morgan fingerprint density at radius 2 is 2.22 bits per heavy atom. The predicted octanol–water partition coefficient (Wildman–Crippen LogP) is 3.71. The Balaban J connectivity index is 1.92. The molecular weight excluding hydrogens is 220 g/mol. The molecule has 2 heteroatoms. The minimum Gasteiger partial charge on any atom is -0.357 e. The van der Waals surface area contributed by atoms with Gasteiger partial charge in [-0.1, -0.05) is 24.3 Å². The van der Waals surface area contributed by atoms with Crippen molar-refractivity contribution in [2.75, 3.05) is 6.54 Å². The fraction of sp³-hybridized carbons (Fsp3) is 0.375. The standard InChI is InChI=1S/C16H20N2/c1-2-3-4-9-15-16-13(10-11-17-15)12-7-5-6-8-14(12)18-16/h2,5-8,15,17-18H,1,3-4,9-11H2/t15-/m0/s1. The normalized spacial score (nSPS) is 18.8. The molecule has 0 saturated carbocycles. The van der Waals surface area contributed by atoms with E-state index in [2.05, 4.69) is 41.1 Å². The van der Waals surface area contributed by atoms with Gasteiger partial charge in [-0.2, -0.15) is 0 Å². The van der Waals surface area contributed by atoms with Crippen LogP contribution in [0.1, 0.15) is 36.6 Å². The number of H-pyrrole nitrogens is 1. The van der Waals surface area contributed by atoms with Gasteiger partial charge in [0.05, 0.1) is 0 Å². The van der Waals surface area contributed by atoms with Crippen molar-refractivity contribution in [1.29, 1.82) is 0 Å². The molecule has 3 rings (SSSR count). The van der Waals surface area contributed by atoms with Gasteiger partial charge >= 0.3 is 0 Å². The molecule has 0 radical (unpaired) electrons. The largest absolute Gasteiger partial charge is 0.357 e. The van der Waals surface area contributed by atoms with Gasteiger partial charge in [-0.3, -0.25) is 0 Å². The fourth-order valence-electron chi connectivity index (χ4n) is 2.97. The van der Waals surface area contributed by atoms with E-state index in [4.69, 9.17) is 0 Å². The molecule has 2 heterocycles. The van der Waals surface area contributed by atoms with Gasteiger partial charge in [-0.05, 0) is 43.9 Å². The maximum absolute atomic E-state index is 3.79. The van der Waals surface area contributed by atoms with Crippen molar-refractivity contribution >= 4 is 10.9 Å². The molecule has 18 heavy (non-hydrogen) atoms. The lowest BCUT2D eigenvalue weighted by Gasteiger charge is -2.24. The average Bonchev–Trinajstić information content (AvgIpc) is 2.79. The van der Waals surface area contributed by atoms with Crippen molar-refractivity contribution in [2.45, 2.75) is 31.7 Å². The van der Waals surface area contributed by atoms with Crippen molar-refractivity contribution in [3.05, 3.63) is 48.2 Å². The lowest BCUT2D eigenvalue weighted by atomic mass is 9.96. The van der Waals surface area contributed by atoms with Gasteiger partial charge in [-0.25, -0.2) is 0 Å². The molecule has 0 amide bonds. The first-order chi connectivity index (χ1) is 8.90. The first-order valence-electron chi connectivity index (χ1n) is 6.84. The van der Waals surface area contributed by atoms with E-state index in [0.717, 1.165) is 19.4 Å². The maximum Gasteiger partial charge on any atom is 0.0476 e. The third-order valence-electron chi connectivity index (χ3n) is 3.86. The first kappa shape index (κ1) is 11.5. The summed E-state index contributed by atoms with van der Waals surface area (Å²) in [7, 11) is 0. The van der Waals surface area contributed by atoms with Crippen LogP contribution in [0.5, 0.6) is 0 Å². The number of fused-ring (bicyclic) bond motifs is 3. The van der Waals surface area contributed by atoms with Crippen LogP contribution in [0.4, 0.5) is 0 Å². The van der Waals surface area contributed by atoms with Crippen LogP contribution in [0.15, 0.2) is 36.9 Å². The highest BCUT2D eigenvalue weighted by atomic mass is 15.0. The van der Waals surface area contributed by atoms with Crippen LogP contribution in [0.25, 0.3) is 10.9 Å². The second-order valence-corrected chi connectivity index (χ2v) is 5.04. The number of nitrogens with one attached hydrogen (secondary N) is 2. The summed E-state index contributed by atoms with van der Waals surface area (Å²) in [6, 6.07) is 9.13. The monoisotopic (exact) mass is 240 g/mol. The van der Waals surface area contributed by atoms with Crippen molar-refractivity contribution in [1.82, 2.24) is 10.3 Å². The summed E-state index contributed by atoms with van der Waals surface area (Å²) in [6.07, 6.45) is 6.64. The van der Waals surface area contributed by atoms with Crippen LogP contribution in [0.3, 0.4) is 0 Å². The number of rotatable bonds is 4. The molecule has 0 bridgehead atoms. The van der Waals surface area contributed by atoms with Crippen LogP contribution in [-0.4, -0.2) is 11.5 Å². The van der Waals surface area contributed by atoms with Crippen molar-refractivity contribution in [2.24, 2.45) is 0 Å². The lowest BCUT2D eigenvalue weighted by molar-refractivity contribution is 0.457. The van der Waals surface area contributed by atoms with Crippen LogP contribution < -0.4 is 5.32 Å². The first-order valence-corrected chi connectivity index (χ1v) is 6.84. The number of hydrogen-bond donors (Lipinski definition) is 2. The van der Waals surface area contributed by atoms with Crippen LogP contribution in [0, 0.1) is 0 Å². The Kier molecular flexibility index (Phi) is 3.20. The summed E-state index contributed by atoms with van der Waals surface area (Å²) >= 11 is 0. The highest BCUT2D eigenvalue weighted by Gasteiger charge is 2.22. The zero-order valence-corrected chi connectivity index (χ0v) is 10.7. The second kappa shape index (κ2) is 4.99. The average molecular weight is 240 g/mol. The molecule has 1 aromatic heterocycles. The Hall–Kier alpha value is -1.54. The van der Waals surface area contributed by atoms with E-state index in [0.29, 0.717) is 6.04 Å². The summed E-state index contributed by atoms with van der Waals surface area (Å²) in [5.41, 5.74) is 4.21. The molecule has 2 aromatic rings. The minimum absolute atomic E-state index is 0.487. The van der Waals surface area contributed by atoms with Gasteiger partial charge in [0.25, 0.3) is 0 Å². The summed E-state index contributed by atoms with van der Waals surface area (Å²) < 4.78 is 0. The third kappa shape index (κ3) is 1.97. The van der Waals surface area contributed by atoms with Crippen LogP contribution in [0.2, 0.25) is 0 Å². The van der Waals surface area contributed by atoms with E-state index in [9.17, 15) is 0 Å². The third-order valence-corrected chi connectivity index (χ3v) is 3.86. The quantitative estimate of drug-likeness (QED) is 0.619. The lowest BCUT2D eigenvalue weighted by Crippen LogP contribution is -2.29. The van der Waals surface area contributed by atoms with E-state index in [1.165, 1.54) is 35.0 Å². The molecule has 0 aliphatic carbocycles. The van der Waals surface area contributed by atoms with Gasteiger partial charge in [0.1, 0.15) is 0 Å². The number of allylic oxidation sites excluding steroid dienone is 1. The highest BCUT2D eigenvalue weighted by molar-refractivity contribution is 5.85. The number of hydrogen-bond acceptors (Lipinski definition) is 1. The van der Waals surface area contributed by atoms with E-state index < -0.39 is 0 Å². The Labute approximate surface area is 108 Å². The molecule has 94 valence electrons. The minimum atomic E-state index is 0.487. The number of para-hydroxylation sites is 1. The van der Waals surface area contributed by atoms with Gasteiger partial charge in [0, 0.05) is 22.6 Å². The SMILES string of the molecule is C=CCCC[C@@H]1NCCc2c1[nH]c1ccccc21. The molecule has 0 spiro atoms. The van der Waals surface area contributed by atoms with E-state index in [-0.39, 0.29) is 0 Å². The Morgan fingerprint density at radius 1 is 1.33 bits per heavy atom. The number of aromatic amines is 1. The van der Waals surface area contributed by atoms with Gasteiger partial charge in [-0.15, -0.1) is 6.58 Å². The number of benzene rings is 1. The molecule has 1 aromatic carbocycles. The molecular formula is C16H20N2. The number of aromatic nitrogens is 1. The van der Waals surface area contributed by atoms with Gasteiger partial charge < -0.3 is 10.3 Å². The summed E-state index contributed by atoms with van der Waals surface area (Å²) in [6.45, 7) is 4.89.